The highest BCUT2D eigenvalue weighted by molar-refractivity contribution is 9.10. The maximum Gasteiger partial charge on any atom is 0.137 e. The number of halogens is 2. The van der Waals surface area contributed by atoms with Gasteiger partial charge in [-0.05, 0) is 46.2 Å². The molecule has 1 heterocycles. The van der Waals surface area contributed by atoms with E-state index < -0.39 is 0 Å². The number of rotatable bonds is 5. The molecule has 0 saturated heterocycles. The van der Waals surface area contributed by atoms with Gasteiger partial charge in [0.25, 0.3) is 0 Å². The molecular formula is C15H16BrFN2. The zero-order chi connectivity index (χ0) is 13.7. The summed E-state index contributed by atoms with van der Waals surface area (Å²) in [6.45, 7) is 2.86. The lowest BCUT2D eigenvalue weighted by molar-refractivity contribution is 0.534. The van der Waals surface area contributed by atoms with Crippen LogP contribution in [0.3, 0.4) is 0 Å². The first-order chi connectivity index (χ1) is 9.22. The van der Waals surface area contributed by atoms with Crippen molar-refractivity contribution in [2.24, 2.45) is 0 Å². The molecule has 1 aromatic carbocycles. The summed E-state index contributed by atoms with van der Waals surface area (Å²) in [6.07, 6.45) is 2.51. The summed E-state index contributed by atoms with van der Waals surface area (Å²) in [6, 6.07) is 11.0. The number of hydrogen-bond acceptors (Lipinski definition) is 2. The lowest BCUT2D eigenvalue weighted by Crippen LogP contribution is -2.23. The average molecular weight is 323 g/mol. The molecule has 1 atom stereocenters. The van der Waals surface area contributed by atoms with Crippen molar-refractivity contribution in [1.82, 2.24) is 10.3 Å². The van der Waals surface area contributed by atoms with Crippen molar-refractivity contribution in [2.75, 3.05) is 6.54 Å². The quantitative estimate of drug-likeness (QED) is 0.903. The molecule has 1 N–H and O–H groups in total. The van der Waals surface area contributed by atoms with E-state index in [1.807, 2.05) is 31.2 Å². The Bertz CT molecular complexity index is 531. The summed E-state index contributed by atoms with van der Waals surface area (Å²) in [5.41, 5.74) is 1.91. The molecule has 0 aliphatic carbocycles. The van der Waals surface area contributed by atoms with E-state index in [-0.39, 0.29) is 11.9 Å². The second-order valence-electron chi connectivity index (χ2n) is 4.28. The summed E-state index contributed by atoms with van der Waals surface area (Å²) in [4.78, 5) is 4.33. The van der Waals surface area contributed by atoms with Crippen LogP contribution >= 0.6 is 15.9 Å². The van der Waals surface area contributed by atoms with Gasteiger partial charge in [-0.3, -0.25) is 4.98 Å². The smallest absolute Gasteiger partial charge is 0.137 e. The first kappa shape index (κ1) is 14.2. The van der Waals surface area contributed by atoms with E-state index in [4.69, 9.17) is 0 Å². The van der Waals surface area contributed by atoms with Gasteiger partial charge in [-0.2, -0.15) is 0 Å². The highest BCUT2D eigenvalue weighted by Crippen LogP contribution is 2.28. The van der Waals surface area contributed by atoms with Crippen LogP contribution in [0.4, 0.5) is 4.39 Å². The maximum absolute atomic E-state index is 13.6. The Kier molecular flexibility index (Phi) is 5.05. The van der Waals surface area contributed by atoms with E-state index in [0.29, 0.717) is 4.47 Å². The van der Waals surface area contributed by atoms with Crippen LogP contribution in [-0.4, -0.2) is 11.5 Å². The lowest BCUT2D eigenvalue weighted by Gasteiger charge is -2.19. The van der Waals surface area contributed by atoms with Crippen molar-refractivity contribution in [3.63, 3.8) is 0 Å². The van der Waals surface area contributed by atoms with Crippen molar-refractivity contribution in [3.8, 4) is 0 Å². The fraction of sp³-hybridized carbons (Fsp3) is 0.267. The molecule has 2 aromatic rings. The SMILES string of the molecule is CCNC(Cc1ccccn1)c1cccc(F)c1Br. The van der Waals surface area contributed by atoms with E-state index >= 15 is 0 Å². The van der Waals surface area contributed by atoms with Crippen molar-refractivity contribution >= 4 is 15.9 Å². The molecule has 19 heavy (non-hydrogen) atoms. The Labute approximate surface area is 121 Å². The topological polar surface area (TPSA) is 24.9 Å². The van der Waals surface area contributed by atoms with Gasteiger partial charge in [0, 0.05) is 24.4 Å². The van der Waals surface area contributed by atoms with E-state index in [2.05, 4.69) is 26.2 Å². The molecule has 0 bridgehead atoms. The van der Waals surface area contributed by atoms with Crippen molar-refractivity contribution in [3.05, 3.63) is 64.1 Å². The Hall–Kier alpha value is -1.26. The summed E-state index contributed by atoms with van der Waals surface area (Å²) in [5, 5.41) is 3.38. The van der Waals surface area contributed by atoms with Gasteiger partial charge in [-0.25, -0.2) is 4.39 Å². The fourth-order valence-electron chi connectivity index (χ4n) is 2.06. The van der Waals surface area contributed by atoms with E-state index in [1.165, 1.54) is 6.07 Å². The molecule has 1 unspecified atom stereocenters. The normalized spacial score (nSPS) is 12.4. The second kappa shape index (κ2) is 6.78. The summed E-state index contributed by atoms with van der Waals surface area (Å²) < 4.78 is 14.2. The van der Waals surface area contributed by atoms with Gasteiger partial charge in [0.2, 0.25) is 0 Å². The maximum atomic E-state index is 13.6. The number of nitrogens with zero attached hydrogens (tertiary/aromatic N) is 1. The van der Waals surface area contributed by atoms with Crippen LogP contribution < -0.4 is 5.32 Å². The van der Waals surface area contributed by atoms with Crippen LogP contribution in [0.5, 0.6) is 0 Å². The molecule has 4 heteroatoms. The largest absolute Gasteiger partial charge is 0.310 e. The molecular weight excluding hydrogens is 307 g/mol. The van der Waals surface area contributed by atoms with Crippen molar-refractivity contribution < 1.29 is 4.39 Å². The van der Waals surface area contributed by atoms with Crippen molar-refractivity contribution in [2.45, 2.75) is 19.4 Å². The minimum Gasteiger partial charge on any atom is -0.310 e. The van der Waals surface area contributed by atoms with Gasteiger partial charge in [0.15, 0.2) is 0 Å². The molecule has 0 fully saturated rings. The Balaban J connectivity index is 2.27. The van der Waals surface area contributed by atoms with E-state index in [0.717, 1.165) is 24.2 Å². The number of likely N-dealkylation sites (N-methyl/N-ethyl adjacent to an activating group) is 1. The van der Waals surface area contributed by atoms with Crippen LogP contribution in [0, 0.1) is 5.82 Å². The predicted octanol–water partition coefficient (Wildman–Crippen LogP) is 3.88. The minimum atomic E-state index is -0.235. The zero-order valence-corrected chi connectivity index (χ0v) is 12.3. The van der Waals surface area contributed by atoms with Crippen LogP contribution in [-0.2, 0) is 6.42 Å². The lowest BCUT2D eigenvalue weighted by atomic mass is 10.0. The molecule has 2 nitrogen and oxygen atoms in total. The first-order valence-electron chi connectivity index (χ1n) is 6.29. The van der Waals surface area contributed by atoms with Crippen LogP contribution in [0.25, 0.3) is 0 Å². The van der Waals surface area contributed by atoms with Crippen LogP contribution in [0.1, 0.15) is 24.2 Å². The molecule has 100 valence electrons. The van der Waals surface area contributed by atoms with Gasteiger partial charge in [-0.1, -0.05) is 25.1 Å². The van der Waals surface area contributed by atoms with Gasteiger partial charge in [0.05, 0.1) is 4.47 Å². The molecule has 1 aromatic heterocycles. The van der Waals surface area contributed by atoms with E-state index in [1.54, 1.807) is 12.3 Å². The minimum absolute atomic E-state index is 0.0463. The van der Waals surface area contributed by atoms with Gasteiger partial charge in [-0.15, -0.1) is 0 Å². The molecule has 0 radical (unpaired) electrons. The molecule has 2 rings (SSSR count). The number of pyridine rings is 1. The highest BCUT2D eigenvalue weighted by Gasteiger charge is 2.16. The third-order valence-electron chi connectivity index (χ3n) is 2.95. The van der Waals surface area contributed by atoms with Crippen molar-refractivity contribution in [1.29, 1.82) is 0 Å². The summed E-state index contributed by atoms with van der Waals surface area (Å²) >= 11 is 3.33. The summed E-state index contributed by atoms with van der Waals surface area (Å²) in [7, 11) is 0. The number of aromatic nitrogens is 1. The number of benzene rings is 1. The van der Waals surface area contributed by atoms with Crippen LogP contribution in [0.15, 0.2) is 47.1 Å². The fourth-order valence-corrected chi connectivity index (χ4v) is 2.60. The summed E-state index contributed by atoms with van der Waals surface area (Å²) in [5.74, 6) is -0.235. The second-order valence-corrected chi connectivity index (χ2v) is 5.07. The molecule has 0 spiro atoms. The standard InChI is InChI=1S/C15H16BrFN2/c1-2-18-14(10-11-6-3-4-9-19-11)12-7-5-8-13(17)15(12)16/h3-9,14,18H,2,10H2,1H3. The predicted molar refractivity (Wildman–Crippen MR) is 78.5 cm³/mol. The van der Waals surface area contributed by atoms with Gasteiger partial charge in [0.1, 0.15) is 5.82 Å². The van der Waals surface area contributed by atoms with Gasteiger partial charge < -0.3 is 5.32 Å². The Morgan fingerprint density at radius 2 is 2.11 bits per heavy atom. The number of nitrogens with one attached hydrogen (secondary N) is 1. The molecule has 0 aliphatic heterocycles. The zero-order valence-electron chi connectivity index (χ0n) is 10.7. The average Bonchev–Trinajstić information content (AvgIpc) is 2.43. The monoisotopic (exact) mass is 322 g/mol. The van der Waals surface area contributed by atoms with E-state index in [9.17, 15) is 4.39 Å². The Morgan fingerprint density at radius 1 is 1.26 bits per heavy atom. The Morgan fingerprint density at radius 3 is 2.79 bits per heavy atom. The highest BCUT2D eigenvalue weighted by atomic mass is 79.9. The third kappa shape index (κ3) is 3.61. The van der Waals surface area contributed by atoms with Crippen LogP contribution in [0.2, 0.25) is 0 Å². The van der Waals surface area contributed by atoms with Gasteiger partial charge >= 0.3 is 0 Å². The number of hydrogen-bond donors (Lipinski definition) is 1. The third-order valence-corrected chi connectivity index (χ3v) is 3.78. The molecule has 0 amide bonds. The first-order valence-corrected chi connectivity index (χ1v) is 7.09. The molecule has 0 saturated carbocycles. The molecule has 0 aliphatic rings.